The van der Waals surface area contributed by atoms with E-state index in [0.29, 0.717) is 11.6 Å². The molecular weight excluding hydrogens is 578 g/mol. The van der Waals surface area contributed by atoms with Crippen LogP contribution in [0.1, 0.15) is 22.3 Å². The minimum atomic E-state index is -4.44. The van der Waals surface area contributed by atoms with Crippen LogP contribution in [-0.2, 0) is 31.7 Å². The molecular formula is C26H19F3N3NaO5S2. The first-order chi connectivity index (χ1) is 18.2. The largest absolute Gasteiger partial charge is 1.00 e. The van der Waals surface area contributed by atoms with Gasteiger partial charge in [0.25, 0.3) is 10.0 Å². The molecule has 202 valence electrons. The van der Waals surface area contributed by atoms with E-state index in [4.69, 9.17) is 0 Å². The Morgan fingerprint density at radius 3 is 2.35 bits per heavy atom. The van der Waals surface area contributed by atoms with Gasteiger partial charge < -0.3 is 14.8 Å². The van der Waals surface area contributed by atoms with E-state index >= 15 is 0 Å². The maximum atomic E-state index is 14.1. The van der Waals surface area contributed by atoms with E-state index in [9.17, 15) is 35.7 Å². The zero-order chi connectivity index (χ0) is 28.3. The molecule has 1 atom stereocenters. The van der Waals surface area contributed by atoms with Gasteiger partial charge in [0.05, 0.1) is 16.8 Å². The van der Waals surface area contributed by atoms with Crippen LogP contribution in [0.5, 0.6) is 5.88 Å². The smallest absolute Gasteiger partial charge is 0.859 e. The number of hydrogen-bond acceptors (Lipinski definition) is 6. The molecule has 14 heteroatoms. The molecule has 0 saturated heterocycles. The second-order valence-corrected chi connectivity index (χ2v) is 13.5. The Bertz CT molecular complexity index is 1990. The van der Waals surface area contributed by atoms with Crippen molar-refractivity contribution in [2.75, 3.05) is 11.6 Å². The fourth-order valence-corrected chi connectivity index (χ4v) is 6.48. The predicted octanol–water partition coefficient (Wildman–Crippen LogP) is -0.208. The Kier molecular flexibility index (Phi) is 8.00. The molecule has 40 heavy (non-hydrogen) atoms. The molecule has 0 radical (unpaired) electrons. The SMILES string of the molecule is C=S(C)(=O)Cc1ccc2c(c1)S(=O)(=O)N=C(c1c([O-])n3cc(F)ccc3c(Cc3cc(F)cc(F)c3)c1=O)N2.[Na+]. The number of nitrogens with zero attached hydrogens (tertiary/aromatic N) is 2. The number of halogens is 3. The second-order valence-electron chi connectivity index (χ2n) is 9.24. The molecule has 0 spiro atoms. The number of amidine groups is 1. The van der Waals surface area contributed by atoms with Gasteiger partial charge in [-0.3, -0.25) is 9.00 Å². The molecule has 3 heterocycles. The topological polar surface area (TPSA) is 120 Å². The third-order valence-electron chi connectivity index (χ3n) is 5.96. The summed E-state index contributed by atoms with van der Waals surface area (Å²) < 4.78 is 84.6. The molecule has 1 aliphatic heterocycles. The van der Waals surface area contributed by atoms with Crippen LogP contribution in [0.25, 0.3) is 5.52 Å². The summed E-state index contributed by atoms with van der Waals surface area (Å²) in [5.74, 6) is -0.667. The Balaban J connectivity index is 0.00000370. The van der Waals surface area contributed by atoms with Crippen molar-refractivity contribution in [1.82, 2.24) is 4.40 Å². The van der Waals surface area contributed by atoms with Crippen molar-refractivity contribution in [3.8, 4) is 5.88 Å². The summed E-state index contributed by atoms with van der Waals surface area (Å²) in [4.78, 5) is 13.4. The van der Waals surface area contributed by atoms with Crippen molar-refractivity contribution in [2.45, 2.75) is 17.1 Å². The van der Waals surface area contributed by atoms with E-state index in [1.54, 1.807) is 0 Å². The Morgan fingerprint density at radius 2 is 1.70 bits per heavy atom. The van der Waals surface area contributed by atoms with Crippen LogP contribution in [0.2, 0.25) is 0 Å². The number of benzene rings is 2. The Hall–Kier alpha value is -3.10. The van der Waals surface area contributed by atoms with Gasteiger partial charge in [0.2, 0.25) is 0 Å². The molecule has 4 aromatic rings. The van der Waals surface area contributed by atoms with E-state index in [2.05, 4.69) is 15.6 Å². The number of sulfonamides is 1. The van der Waals surface area contributed by atoms with E-state index in [-0.39, 0.29) is 69.0 Å². The van der Waals surface area contributed by atoms with Gasteiger partial charge in [-0.25, -0.2) is 13.2 Å². The van der Waals surface area contributed by atoms with Crippen LogP contribution < -0.4 is 45.4 Å². The van der Waals surface area contributed by atoms with Gasteiger partial charge in [-0.15, -0.1) is 4.40 Å². The van der Waals surface area contributed by atoms with Gasteiger partial charge >= 0.3 is 29.6 Å². The molecule has 1 unspecified atom stereocenters. The maximum Gasteiger partial charge on any atom is 1.00 e. The van der Waals surface area contributed by atoms with E-state index in [1.165, 1.54) is 30.5 Å². The minimum absolute atomic E-state index is 0. The fraction of sp³-hybridized carbons (Fsp3) is 0.115. The zero-order valence-electron chi connectivity index (χ0n) is 21.2. The van der Waals surface area contributed by atoms with E-state index in [0.717, 1.165) is 28.8 Å². The molecule has 2 aromatic carbocycles. The van der Waals surface area contributed by atoms with Gasteiger partial charge in [0.1, 0.15) is 22.3 Å². The fourth-order valence-electron chi connectivity index (χ4n) is 4.42. The van der Waals surface area contributed by atoms with Crippen LogP contribution in [-0.4, -0.2) is 35.0 Å². The normalized spacial score (nSPS) is 15.3. The average Bonchev–Trinajstić information content (AvgIpc) is 2.80. The van der Waals surface area contributed by atoms with Crippen molar-refractivity contribution in [3.63, 3.8) is 0 Å². The monoisotopic (exact) mass is 597 g/mol. The van der Waals surface area contributed by atoms with Crippen molar-refractivity contribution in [1.29, 1.82) is 0 Å². The van der Waals surface area contributed by atoms with Crippen molar-refractivity contribution in [2.24, 2.45) is 4.40 Å². The van der Waals surface area contributed by atoms with Gasteiger partial charge in [-0.05, 0) is 68.8 Å². The Morgan fingerprint density at radius 1 is 1.02 bits per heavy atom. The van der Waals surface area contributed by atoms with Gasteiger partial charge in [-0.2, -0.15) is 8.42 Å². The first kappa shape index (κ1) is 29.9. The van der Waals surface area contributed by atoms with Crippen molar-refractivity contribution < 1.29 is 60.5 Å². The molecule has 0 aliphatic carbocycles. The number of nitrogens with one attached hydrogen (secondary N) is 1. The summed E-state index contributed by atoms with van der Waals surface area (Å²) in [7, 11) is -6.92. The van der Waals surface area contributed by atoms with Crippen LogP contribution in [0.4, 0.5) is 18.9 Å². The number of pyridine rings is 2. The predicted molar refractivity (Wildman–Crippen MR) is 141 cm³/mol. The molecule has 0 saturated carbocycles. The summed E-state index contributed by atoms with van der Waals surface area (Å²) >= 11 is 0. The molecule has 0 bridgehead atoms. The number of aromatic nitrogens is 1. The summed E-state index contributed by atoms with van der Waals surface area (Å²) in [5.41, 5.74) is -1.31. The van der Waals surface area contributed by atoms with Gasteiger partial charge in [-0.1, -0.05) is 6.07 Å². The number of hydrogen-bond donors (Lipinski definition) is 1. The summed E-state index contributed by atoms with van der Waals surface area (Å²) in [6.45, 7) is 0. The van der Waals surface area contributed by atoms with Gasteiger partial charge in [0, 0.05) is 36.3 Å². The van der Waals surface area contributed by atoms with Crippen molar-refractivity contribution in [3.05, 3.63) is 105 Å². The van der Waals surface area contributed by atoms with Crippen molar-refractivity contribution >= 4 is 42.5 Å². The van der Waals surface area contributed by atoms with Crippen LogP contribution in [0, 0.1) is 17.5 Å². The summed E-state index contributed by atoms with van der Waals surface area (Å²) in [5, 5.41) is 16.1. The van der Waals surface area contributed by atoms with Crippen LogP contribution in [0.15, 0.2) is 68.8 Å². The molecule has 5 rings (SSSR count). The molecule has 1 aliphatic rings. The standard InChI is InChI=1S/C26H20F3N3O5S2.Na/c1-38(2,35)13-14-3-5-20-22(10-14)39(36,37)31-25(30-20)23-24(33)19(9-15-7-17(28)11-18(29)8-15)21-6-4-16(27)12-32(21)26(23)34;/h3-8,10-12,34H,1,9,13H2,2H3,(H,30,31);/q;+1/p-1. The Labute approximate surface area is 249 Å². The number of rotatable bonds is 5. The molecule has 0 amide bonds. The van der Waals surface area contributed by atoms with Gasteiger partial charge in [0.15, 0.2) is 11.3 Å². The molecule has 0 fully saturated rings. The van der Waals surface area contributed by atoms with E-state index in [1.807, 2.05) is 0 Å². The summed E-state index contributed by atoms with van der Waals surface area (Å²) in [6, 6.07) is 9.01. The third kappa shape index (κ3) is 5.84. The van der Waals surface area contributed by atoms with Crippen LogP contribution >= 0.6 is 0 Å². The molecule has 2 aromatic heterocycles. The van der Waals surface area contributed by atoms with E-state index < -0.39 is 59.7 Å². The average molecular weight is 598 g/mol. The minimum Gasteiger partial charge on any atom is -0.859 e. The quantitative estimate of drug-likeness (QED) is 0.251. The molecule has 1 N–H and O–H groups in total. The number of anilines is 1. The molecule has 8 nitrogen and oxygen atoms in total. The summed E-state index contributed by atoms with van der Waals surface area (Å²) in [6.07, 6.45) is 1.89. The maximum absolute atomic E-state index is 14.1. The first-order valence-corrected chi connectivity index (χ1v) is 15.0. The second kappa shape index (κ2) is 10.7. The van der Waals surface area contributed by atoms with Crippen LogP contribution in [0.3, 0.4) is 0 Å². The number of fused-ring (bicyclic) bond motifs is 2. The first-order valence-electron chi connectivity index (χ1n) is 11.3. The third-order valence-corrected chi connectivity index (χ3v) is 8.22. The zero-order valence-corrected chi connectivity index (χ0v) is 24.8.